The number of aromatic nitrogens is 25. The summed E-state index contributed by atoms with van der Waals surface area (Å²) in [6.45, 7) is 43.1. The van der Waals surface area contributed by atoms with Gasteiger partial charge in [0.1, 0.15) is 82.8 Å². The van der Waals surface area contributed by atoms with E-state index in [1.807, 2.05) is 29.9 Å². The van der Waals surface area contributed by atoms with Gasteiger partial charge in [-0.05, 0) is 141 Å². The molecule has 16 atom stereocenters. The summed E-state index contributed by atoms with van der Waals surface area (Å²) in [6.07, 6.45) is 2.38. The Labute approximate surface area is 665 Å². The summed E-state index contributed by atoms with van der Waals surface area (Å²) in [5.41, 5.74) is 9.71. The first kappa shape index (κ1) is 85.5. The number of aliphatic hydroxyl groups excluding tert-OH is 6. The summed E-state index contributed by atoms with van der Waals surface area (Å²) in [5, 5.41) is 117. The van der Waals surface area contributed by atoms with Crippen LogP contribution in [0.15, 0.2) is 31.6 Å². The predicted molar refractivity (Wildman–Crippen MR) is 417 cm³/mol. The highest BCUT2D eigenvalue weighted by Gasteiger charge is 2.56. The molecule has 0 unspecified atom stereocenters. The largest absolute Gasteiger partial charge is 0.447 e. The Kier molecular flexibility index (Phi) is 25.5. The number of rotatable bonds is 16. The Hall–Kier alpha value is -7.82. The SMILES string of the molecule is Cc1nnnc2c1ncn2[C@@H]1O[C@H](CO)[C@@H](O)[C@H]1O.Cc1nnnc2c1ncn2[C@@H]1O[C@H](CO[Si](C)(C)C(C)(C)C)[C@@H](O)[C@H]1O.Cc1nnnc2c1ncn2[C@@H]1O[C@H](CO[Si](C)(C)C(C)(C)C)[C@H]2OC(=S)O[C@H]21.Cc1nnnc2c1ncn2[C@H]1CC[C@@H](CO)O1.Cc1nnnc2c1ncn2[C@H]1CC[C@@H](CO[Si](C)(C)C(C)(C)C)O1. The highest BCUT2D eigenvalue weighted by Crippen LogP contribution is 2.44. The Morgan fingerprint density at radius 3 is 1.04 bits per heavy atom. The molecule has 0 radical (unpaired) electrons. The van der Waals surface area contributed by atoms with E-state index in [-0.39, 0.29) is 77.0 Å². The van der Waals surface area contributed by atoms with Gasteiger partial charge in [0.15, 0.2) is 84.1 Å². The molecule has 10 aromatic rings. The lowest BCUT2D eigenvalue weighted by Gasteiger charge is -2.37. The van der Waals surface area contributed by atoms with Crippen LogP contribution < -0.4 is 0 Å². The zero-order valence-corrected chi connectivity index (χ0v) is 71.7. The van der Waals surface area contributed by atoms with Crippen LogP contribution in [0.3, 0.4) is 0 Å². The Balaban J connectivity index is 0.000000133. The first-order valence-electron chi connectivity index (χ1n) is 37.9. The smallest absolute Gasteiger partial charge is 0.353 e. The second-order valence-corrected chi connectivity index (χ2v) is 48.5. The first-order valence-corrected chi connectivity index (χ1v) is 47.0. The fraction of sp³-hybridized carbons (Fsp3) is 0.696. The van der Waals surface area contributed by atoms with Gasteiger partial charge in [0.25, 0.3) is 0 Å². The number of nitrogens with zero attached hydrogens (tertiary/aromatic N) is 25. The van der Waals surface area contributed by atoms with Gasteiger partial charge < -0.3 is 77.1 Å². The Bertz CT molecular complexity index is 4980. The van der Waals surface area contributed by atoms with Crippen molar-refractivity contribution in [2.75, 3.05) is 33.0 Å². The molecular weight excluding hydrogens is 1550 g/mol. The van der Waals surface area contributed by atoms with Crippen LogP contribution in [0.25, 0.3) is 55.8 Å². The molecule has 0 aliphatic carbocycles. The van der Waals surface area contributed by atoms with E-state index in [4.69, 9.17) is 68.9 Å². The summed E-state index contributed by atoms with van der Waals surface area (Å²) in [4.78, 5) is 21.5. The van der Waals surface area contributed by atoms with Crippen molar-refractivity contribution in [3.8, 4) is 0 Å². The topological polar surface area (TPSA) is 496 Å². The number of imidazole rings is 5. The zero-order chi connectivity index (χ0) is 82.5. The molecule has 0 saturated carbocycles. The third kappa shape index (κ3) is 17.7. The maximum absolute atomic E-state index is 10.5. The zero-order valence-electron chi connectivity index (χ0n) is 67.8. The quantitative estimate of drug-likeness (QED) is 0.0530. The highest BCUT2D eigenvalue weighted by atomic mass is 32.1. The van der Waals surface area contributed by atoms with E-state index in [9.17, 15) is 20.4 Å². The van der Waals surface area contributed by atoms with Crippen LogP contribution in [0.2, 0.25) is 54.4 Å². The molecule has 620 valence electrons. The molecule has 6 N–H and O–H groups in total. The molecule has 0 bridgehead atoms. The van der Waals surface area contributed by atoms with E-state index in [1.54, 1.807) is 42.0 Å². The number of hydrogen-bond donors (Lipinski definition) is 6. The number of hydrogen-bond acceptors (Lipinski definition) is 37. The lowest BCUT2D eigenvalue weighted by molar-refractivity contribution is -0.0581. The van der Waals surface area contributed by atoms with E-state index in [1.165, 1.54) is 17.2 Å². The molecule has 0 spiro atoms. The summed E-state index contributed by atoms with van der Waals surface area (Å²) in [7, 11) is -5.66. The molecule has 10 aromatic heterocycles. The average Bonchev–Trinajstić information content (AvgIpc) is 1.69. The second kappa shape index (κ2) is 34.0. The molecule has 0 aromatic carbocycles. The minimum absolute atomic E-state index is 0.0508. The predicted octanol–water partition coefficient (Wildman–Crippen LogP) is 5.26. The molecular formula is C69H105N25O16SSi3. The average molecular weight is 1660 g/mol. The lowest BCUT2D eigenvalue weighted by Crippen LogP contribution is -2.44. The van der Waals surface area contributed by atoms with Crippen molar-refractivity contribution in [1.29, 1.82) is 0 Å². The van der Waals surface area contributed by atoms with Crippen LogP contribution in [-0.2, 0) is 46.4 Å². The van der Waals surface area contributed by atoms with Gasteiger partial charge in [-0.15, -0.1) is 51.0 Å². The number of aryl methyl sites for hydroxylation is 5. The van der Waals surface area contributed by atoms with Gasteiger partial charge >= 0.3 is 5.24 Å². The van der Waals surface area contributed by atoms with E-state index in [0.717, 1.165) is 53.8 Å². The standard InChI is InChI=1S/C17H25N5O4SSi.C16H27N5O4Si.C16H27N5O2Si.C10H13N5O4.C10H13N5O2/c1-9-11-14(20-21-19-9)22(8-18-11)15-13-12(25-16(27)26-13)10(24-15)7-23-28(5,6)17(2,3)4;1-9-11-14(19-20-18-9)21(8-17-11)15-13(23)12(22)10(25-15)7-24-26(5,6)16(2,3)4;1-11-14-15(19-20-18-11)21(10-17-14)13-8-7-12(23-13)9-22-24(5,6)16(2,3)4;1-4-6-9(13-14-12-4)15(3-11-6)10-8(18)7(17)5(2-16)19-10;1-6-9-10(13-14-12-6)15(5-11-9)8-3-2-7(4-16)17-8/h8,10,12-13,15H,7H2,1-6H3;8,10,12-13,15,22-23H,7H2,1-6H3;10,12-13H,7-9H2,1-6H3;3,5,7-8,10,16-18H,2H2,1H3;5,7-8,16H,2-4H2,1H3/t2*10-,12-,13-,15-;12-,13+;5-,7-,8-,10-;7-,8+/m11010/s1. The van der Waals surface area contributed by atoms with Crippen LogP contribution in [0.1, 0.15) is 148 Å². The Morgan fingerprint density at radius 2 is 0.684 bits per heavy atom. The molecule has 6 aliphatic heterocycles. The number of thiocarbonyl (C=S) groups is 1. The third-order valence-electron chi connectivity index (χ3n) is 22.9. The van der Waals surface area contributed by atoms with Crippen molar-refractivity contribution >= 4 is 98.2 Å². The van der Waals surface area contributed by atoms with E-state index in [0.29, 0.717) is 69.4 Å². The first-order chi connectivity index (χ1) is 53.7. The summed E-state index contributed by atoms with van der Waals surface area (Å²) < 4.78 is 68.5. The van der Waals surface area contributed by atoms with Gasteiger partial charge in [-0.2, -0.15) is 0 Å². The normalized spacial score (nSPS) is 26.6. The fourth-order valence-corrected chi connectivity index (χ4v) is 16.1. The van der Waals surface area contributed by atoms with Crippen molar-refractivity contribution in [3.05, 3.63) is 60.1 Å². The molecule has 6 saturated heterocycles. The van der Waals surface area contributed by atoms with Crippen LogP contribution in [-0.4, -0.2) is 286 Å². The maximum atomic E-state index is 10.5. The van der Waals surface area contributed by atoms with Crippen molar-refractivity contribution in [2.24, 2.45) is 0 Å². The van der Waals surface area contributed by atoms with Crippen molar-refractivity contribution in [3.63, 3.8) is 0 Å². The van der Waals surface area contributed by atoms with Crippen LogP contribution in [0, 0.1) is 34.6 Å². The van der Waals surface area contributed by atoms with Gasteiger partial charge in [0.2, 0.25) is 0 Å². The van der Waals surface area contributed by atoms with E-state index < -0.39 is 86.4 Å². The molecule has 6 aliphatic rings. The van der Waals surface area contributed by atoms with Gasteiger partial charge in [-0.1, -0.05) is 62.3 Å². The summed E-state index contributed by atoms with van der Waals surface area (Å²) in [5.74, 6) is 0. The van der Waals surface area contributed by atoms with Crippen molar-refractivity contribution in [2.45, 2.75) is 275 Å². The molecule has 114 heavy (non-hydrogen) atoms. The lowest BCUT2D eigenvalue weighted by atomic mass is 10.1. The van der Waals surface area contributed by atoms with Crippen LogP contribution >= 0.6 is 12.2 Å². The van der Waals surface area contributed by atoms with Gasteiger partial charge in [-0.25, -0.2) is 24.9 Å². The van der Waals surface area contributed by atoms with E-state index >= 15 is 0 Å². The van der Waals surface area contributed by atoms with Gasteiger partial charge in [-0.3, -0.25) is 22.8 Å². The molecule has 0 amide bonds. The minimum atomic E-state index is -1.99. The maximum Gasteiger partial charge on any atom is 0.353 e. The van der Waals surface area contributed by atoms with E-state index in [2.05, 4.69) is 204 Å². The minimum Gasteiger partial charge on any atom is -0.447 e. The second-order valence-electron chi connectivity index (χ2n) is 33.7. The van der Waals surface area contributed by atoms with Crippen molar-refractivity contribution < 1.29 is 77.1 Å². The van der Waals surface area contributed by atoms with Crippen LogP contribution in [0.4, 0.5) is 0 Å². The number of aliphatic hydroxyl groups is 6. The number of fused-ring (bicyclic) bond motifs is 6. The molecule has 6 fully saturated rings. The highest BCUT2D eigenvalue weighted by molar-refractivity contribution is 7.79. The fourth-order valence-electron chi connectivity index (χ4n) is 12.8. The number of ether oxygens (including phenoxy) is 7. The molecule has 16 heterocycles. The Morgan fingerprint density at radius 1 is 0.377 bits per heavy atom. The van der Waals surface area contributed by atoms with Gasteiger partial charge in [0.05, 0.1) is 105 Å². The summed E-state index contributed by atoms with van der Waals surface area (Å²) in [6, 6.07) is 0. The van der Waals surface area contributed by atoms with Gasteiger partial charge in [0, 0.05) is 12.2 Å². The molecule has 41 nitrogen and oxygen atoms in total. The summed E-state index contributed by atoms with van der Waals surface area (Å²) >= 11 is 5.15. The molecule has 45 heteroatoms. The van der Waals surface area contributed by atoms with Crippen LogP contribution in [0.5, 0.6) is 0 Å². The monoisotopic (exact) mass is 1660 g/mol. The van der Waals surface area contributed by atoms with Crippen molar-refractivity contribution in [1.82, 2.24) is 125 Å². The molecule has 16 rings (SSSR count). The third-order valence-corrected chi connectivity index (χ3v) is 36.6.